The third-order valence-corrected chi connectivity index (χ3v) is 1.68. The summed E-state index contributed by atoms with van der Waals surface area (Å²) in [5.41, 5.74) is 1.82. The molecule has 2 nitrogen and oxygen atoms in total. The number of aldehydes is 1. The Balaban J connectivity index is 2.74. The van der Waals surface area contributed by atoms with Gasteiger partial charge in [0.05, 0.1) is 12.5 Å². The van der Waals surface area contributed by atoms with Gasteiger partial charge in [0.15, 0.2) is 0 Å². The van der Waals surface area contributed by atoms with Gasteiger partial charge in [-0.25, -0.2) is 0 Å². The van der Waals surface area contributed by atoms with E-state index in [2.05, 4.69) is 11.8 Å². The Morgan fingerprint density at radius 3 is 2.60 bits per heavy atom. The van der Waals surface area contributed by atoms with Gasteiger partial charge in [-0.15, -0.1) is 0 Å². The Kier molecular flexibility index (Phi) is 4.43. The molecule has 0 aliphatic rings. The van der Waals surface area contributed by atoms with E-state index in [1.54, 1.807) is 6.08 Å². The van der Waals surface area contributed by atoms with E-state index in [9.17, 15) is 4.79 Å². The van der Waals surface area contributed by atoms with Crippen molar-refractivity contribution in [2.75, 3.05) is 0 Å². The second kappa shape index (κ2) is 6.18. The summed E-state index contributed by atoms with van der Waals surface area (Å²) in [4.78, 5) is 10.1. The van der Waals surface area contributed by atoms with Crippen molar-refractivity contribution in [2.45, 2.75) is 6.42 Å². The Bertz CT molecular complexity index is 452. The molecule has 0 spiro atoms. The van der Waals surface area contributed by atoms with Gasteiger partial charge >= 0.3 is 0 Å². The van der Waals surface area contributed by atoms with E-state index in [0.29, 0.717) is 0 Å². The van der Waals surface area contributed by atoms with Gasteiger partial charge in [-0.1, -0.05) is 30.0 Å². The van der Waals surface area contributed by atoms with E-state index in [-0.39, 0.29) is 6.42 Å². The van der Waals surface area contributed by atoms with Crippen LogP contribution in [0, 0.1) is 23.2 Å². The molecule has 0 bridgehead atoms. The average molecular weight is 195 g/mol. The van der Waals surface area contributed by atoms with Crippen molar-refractivity contribution in [3.63, 3.8) is 0 Å². The smallest absolute Gasteiger partial charge is 0.142 e. The molecule has 0 radical (unpaired) electrons. The van der Waals surface area contributed by atoms with E-state index in [1.165, 1.54) is 6.08 Å². The van der Waals surface area contributed by atoms with Crippen LogP contribution < -0.4 is 0 Å². The Labute approximate surface area is 88.8 Å². The molecule has 72 valence electrons. The van der Waals surface area contributed by atoms with Crippen molar-refractivity contribution in [2.24, 2.45) is 0 Å². The first-order valence-corrected chi connectivity index (χ1v) is 4.44. The zero-order valence-electron chi connectivity index (χ0n) is 8.10. The molecule has 0 heterocycles. The number of allylic oxidation sites excluding steroid dienone is 1. The maximum absolute atomic E-state index is 10.1. The van der Waals surface area contributed by atoms with Gasteiger partial charge in [0.25, 0.3) is 0 Å². The first kappa shape index (κ1) is 10.8. The highest BCUT2D eigenvalue weighted by Gasteiger charge is 1.87. The summed E-state index contributed by atoms with van der Waals surface area (Å²) in [7, 11) is 0. The van der Waals surface area contributed by atoms with Gasteiger partial charge in [-0.2, -0.15) is 5.26 Å². The average Bonchev–Trinajstić information content (AvgIpc) is 2.28. The minimum Gasteiger partial charge on any atom is -0.299 e. The summed E-state index contributed by atoms with van der Waals surface area (Å²) in [5.74, 6) is 5.59. The molecule has 1 aromatic carbocycles. The molecule has 0 N–H and O–H groups in total. The highest BCUT2D eigenvalue weighted by molar-refractivity contribution is 5.73. The predicted octanol–water partition coefficient (Wildman–Crippen LogP) is 2.16. The zero-order valence-corrected chi connectivity index (χ0v) is 8.10. The summed E-state index contributed by atoms with van der Waals surface area (Å²) in [6.45, 7) is 0. The Hall–Kier alpha value is -2.32. The summed E-state index contributed by atoms with van der Waals surface area (Å²) < 4.78 is 0. The fourth-order valence-electron chi connectivity index (χ4n) is 1.01. The van der Waals surface area contributed by atoms with Crippen molar-refractivity contribution >= 4 is 12.4 Å². The van der Waals surface area contributed by atoms with Gasteiger partial charge < -0.3 is 0 Å². The Morgan fingerprint density at radius 2 is 2.00 bits per heavy atom. The zero-order chi connectivity index (χ0) is 10.9. The van der Waals surface area contributed by atoms with E-state index < -0.39 is 0 Å². The van der Waals surface area contributed by atoms with Crippen LogP contribution in [0.15, 0.2) is 30.3 Å². The van der Waals surface area contributed by atoms with Crippen molar-refractivity contribution in [1.82, 2.24) is 0 Å². The molecule has 0 amide bonds. The van der Waals surface area contributed by atoms with Gasteiger partial charge in [-0.05, 0) is 23.8 Å². The van der Waals surface area contributed by atoms with Crippen LogP contribution in [0.25, 0.3) is 6.08 Å². The lowest BCUT2D eigenvalue weighted by atomic mass is 10.1. The molecular weight excluding hydrogens is 186 g/mol. The van der Waals surface area contributed by atoms with Crippen molar-refractivity contribution in [3.8, 4) is 17.9 Å². The fraction of sp³-hybridized carbons (Fsp3) is 0.0769. The number of hydrogen-bond acceptors (Lipinski definition) is 2. The molecule has 2 heteroatoms. The van der Waals surface area contributed by atoms with Crippen LogP contribution in [0.1, 0.15) is 17.5 Å². The quantitative estimate of drug-likeness (QED) is 0.412. The lowest BCUT2D eigenvalue weighted by Gasteiger charge is -1.92. The number of carbonyl (C=O) groups excluding carboxylic acids is 1. The number of benzene rings is 1. The molecule has 0 aliphatic heterocycles. The molecule has 0 fully saturated rings. The number of carbonyl (C=O) groups is 1. The molecule has 1 aromatic rings. The fourth-order valence-corrected chi connectivity index (χ4v) is 1.01. The second-order valence-electron chi connectivity index (χ2n) is 2.75. The van der Waals surface area contributed by atoms with E-state index in [1.807, 2.05) is 30.3 Å². The van der Waals surface area contributed by atoms with Crippen LogP contribution >= 0.6 is 0 Å². The SMILES string of the molecule is N#CCC#Cc1ccc(/C=C/C=O)cc1. The van der Waals surface area contributed by atoms with Crippen LogP contribution in [0.5, 0.6) is 0 Å². The predicted molar refractivity (Wildman–Crippen MR) is 58.6 cm³/mol. The molecule has 1 rings (SSSR count). The maximum atomic E-state index is 10.1. The molecule has 15 heavy (non-hydrogen) atoms. The van der Waals surface area contributed by atoms with E-state index in [0.717, 1.165) is 17.4 Å². The van der Waals surface area contributed by atoms with E-state index >= 15 is 0 Å². The lowest BCUT2D eigenvalue weighted by Crippen LogP contribution is -1.76. The molecule has 0 aromatic heterocycles. The topological polar surface area (TPSA) is 40.9 Å². The van der Waals surface area contributed by atoms with Crippen LogP contribution in [-0.4, -0.2) is 6.29 Å². The number of nitrogens with zero attached hydrogens (tertiary/aromatic N) is 1. The number of nitriles is 1. The highest BCUT2D eigenvalue weighted by atomic mass is 16.1. The van der Waals surface area contributed by atoms with Crippen molar-refractivity contribution in [3.05, 3.63) is 41.5 Å². The van der Waals surface area contributed by atoms with Gasteiger partial charge in [0.1, 0.15) is 6.29 Å². The highest BCUT2D eigenvalue weighted by Crippen LogP contribution is 2.04. The first-order chi connectivity index (χ1) is 7.36. The molecule has 0 saturated heterocycles. The molecule has 0 aliphatic carbocycles. The maximum Gasteiger partial charge on any atom is 0.142 e. The minimum atomic E-state index is 0.243. The van der Waals surface area contributed by atoms with Crippen molar-refractivity contribution < 1.29 is 4.79 Å². The largest absolute Gasteiger partial charge is 0.299 e. The van der Waals surface area contributed by atoms with Gasteiger partial charge in [0, 0.05) is 5.56 Å². The summed E-state index contributed by atoms with van der Waals surface area (Å²) in [5, 5.41) is 8.29. The summed E-state index contributed by atoms with van der Waals surface area (Å²) in [6, 6.07) is 9.41. The molecule has 0 atom stereocenters. The third-order valence-electron chi connectivity index (χ3n) is 1.68. The summed E-state index contributed by atoms with van der Waals surface area (Å²) in [6.07, 6.45) is 4.14. The van der Waals surface area contributed by atoms with Crippen LogP contribution in [0.3, 0.4) is 0 Å². The van der Waals surface area contributed by atoms with Crippen LogP contribution in [0.2, 0.25) is 0 Å². The molecule has 0 saturated carbocycles. The number of rotatable bonds is 2. The van der Waals surface area contributed by atoms with Crippen LogP contribution in [-0.2, 0) is 4.79 Å². The molecular formula is C13H9NO. The second-order valence-corrected chi connectivity index (χ2v) is 2.75. The van der Waals surface area contributed by atoms with Gasteiger partial charge in [-0.3, -0.25) is 4.79 Å². The summed E-state index contributed by atoms with van der Waals surface area (Å²) >= 11 is 0. The minimum absolute atomic E-state index is 0.243. The van der Waals surface area contributed by atoms with Gasteiger partial charge in [0.2, 0.25) is 0 Å². The van der Waals surface area contributed by atoms with E-state index in [4.69, 9.17) is 5.26 Å². The third kappa shape index (κ3) is 3.93. The monoisotopic (exact) mass is 195 g/mol. The van der Waals surface area contributed by atoms with Crippen LogP contribution in [0.4, 0.5) is 0 Å². The standard InChI is InChI=1S/C13H9NO/c14-10-2-1-4-12-6-8-13(9-7-12)5-3-11-15/h3,5-9,11H,2H2/b5-3+. The Morgan fingerprint density at radius 1 is 1.27 bits per heavy atom. The normalized spacial score (nSPS) is 9.00. The van der Waals surface area contributed by atoms with Crippen molar-refractivity contribution in [1.29, 1.82) is 5.26 Å². The molecule has 0 unspecified atom stereocenters. The first-order valence-electron chi connectivity index (χ1n) is 4.44. The number of hydrogen-bond donors (Lipinski definition) is 0. The lowest BCUT2D eigenvalue weighted by molar-refractivity contribution is -0.104.